The van der Waals surface area contributed by atoms with E-state index in [1.807, 2.05) is 36.7 Å². The van der Waals surface area contributed by atoms with Crippen LogP contribution in [0.4, 0.5) is 0 Å². The molecule has 0 fully saturated rings. The van der Waals surface area contributed by atoms with Crippen LogP contribution >= 0.6 is 0 Å². The number of benzene rings is 1. The third kappa shape index (κ3) is 2.21. The second kappa shape index (κ2) is 4.90. The van der Waals surface area contributed by atoms with E-state index >= 15 is 0 Å². The first-order chi connectivity index (χ1) is 10.4. The van der Waals surface area contributed by atoms with Crippen LogP contribution in [0.25, 0.3) is 16.9 Å². The van der Waals surface area contributed by atoms with E-state index in [1.165, 1.54) is 5.56 Å². The lowest BCUT2D eigenvalue weighted by atomic mass is 10.0. The number of hydrogen-bond donors (Lipinski definition) is 0. The van der Waals surface area contributed by atoms with Crippen molar-refractivity contribution in [2.45, 2.75) is 6.42 Å². The Balaban J connectivity index is 1.75. The fourth-order valence-corrected chi connectivity index (χ4v) is 2.52. The summed E-state index contributed by atoms with van der Waals surface area (Å²) in [7, 11) is 0. The third-order valence-electron chi connectivity index (χ3n) is 3.52. The van der Waals surface area contributed by atoms with Gasteiger partial charge in [0.15, 0.2) is 0 Å². The van der Waals surface area contributed by atoms with Crippen LogP contribution in [-0.2, 0) is 6.42 Å². The van der Waals surface area contributed by atoms with Crippen molar-refractivity contribution in [1.29, 1.82) is 0 Å². The maximum Gasteiger partial charge on any atom is 0.137 e. The zero-order valence-corrected chi connectivity index (χ0v) is 11.3. The molecule has 0 aliphatic rings. The van der Waals surface area contributed by atoms with Gasteiger partial charge in [0.05, 0.1) is 17.6 Å². The first-order valence-electron chi connectivity index (χ1n) is 6.81. The number of rotatable bonds is 3. The van der Waals surface area contributed by atoms with E-state index < -0.39 is 0 Å². The minimum atomic E-state index is 0.765. The van der Waals surface area contributed by atoms with Crippen molar-refractivity contribution in [1.82, 2.24) is 14.5 Å². The van der Waals surface area contributed by atoms with Gasteiger partial charge in [-0.2, -0.15) is 0 Å². The molecule has 0 aliphatic heterocycles. The van der Waals surface area contributed by atoms with Crippen LogP contribution in [-0.4, -0.2) is 14.5 Å². The van der Waals surface area contributed by atoms with Crippen molar-refractivity contribution < 1.29 is 4.52 Å². The molecule has 3 aromatic heterocycles. The number of pyridine rings is 1. The van der Waals surface area contributed by atoms with Crippen LogP contribution in [0.5, 0.6) is 0 Å². The smallest absolute Gasteiger partial charge is 0.137 e. The van der Waals surface area contributed by atoms with Crippen LogP contribution in [0, 0.1) is 0 Å². The second-order valence-electron chi connectivity index (χ2n) is 4.94. The molecule has 0 atom stereocenters. The summed E-state index contributed by atoms with van der Waals surface area (Å²) >= 11 is 0. The summed E-state index contributed by atoms with van der Waals surface area (Å²) in [5, 5.41) is 3.96. The zero-order chi connectivity index (χ0) is 14.1. The van der Waals surface area contributed by atoms with Crippen molar-refractivity contribution >= 4 is 5.65 Å². The predicted octanol–water partition coefficient (Wildman–Crippen LogP) is 3.58. The number of hydrogen-bond acceptors (Lipinski definition) is 3. The van der Waals surface area contributed by atoms with E-state index in [-0.39, 0.29) is 0 Å². The summed E-state index contributed by atoms with van der Waals surface area (Å²) in [5.74, 6) is 0. The van der Waals surface area contributed by atoms with Gasteiger partial charge < -0.3 is 4.52 Å². The van der Waals surface area contributed by atoms with Crippen molar-refractivity contribution in [2.24, 2.45) is 0 Å². The predicted molar refractivity (Wildman–Crippen MR) is 79.9 cm³/mol. The van der Waals surface area contributed by atoms with Crippen LogP contribution in [0.15, 0.2) is 71.7 Å². The molecule has 0 bridgehead atoms. The molecule has 4 rings (SSSR count). The van der Waals surface area contributed by atoms with Crippen LogP contribution < -0.4 is 0 Å². The van der Waals surface area contributed by atoms with E-state index in [0.717, 1.165) is 29.0 Å². The molecule has 0 aliphatic carbocycles. The fraction of sp³-hybridized carbons (Fsp3) is 0.0588. The lowest BCUT2D eigenvalue weighted by molar-refractivity contribution is 0.413. The van der Waals surface area contributed by atoms with Crippen molar-refractivity contribution in [2.75, 3.05) is 0 Å². The summed E-state index contributed by atoms with van der Waals surface area (Å²) in [5.41, 5.74) is 5.33. The number of fused-ring (bicyclic) bond motifs is 1. The first kappa shape index (κ1) is 11.9. The fourth-order valence-electron chi connectivity index (χ4n) is 2.52. The average Bonchev–Trinajstić information content (AvgIpc) is 3.16. The van der Waals surface area contributed by atoms with Gasteiger partial charge in [-0.05, 0) is 23.8 Å². The van der Waals surface area contributed by atoms with Crippen molar-refractivity contribution in [3.63, 3.8) is 0 Å². The Kier molecular flexibility index (Phi) is 2.78. The Hall–Kier alpha value is -2.88. The van der Waals surface area contributed by atoms with Crippen LogP contribution in [0.3, 0.4) is 0 Å². The Labute approximate surface area is 121 Å². The van der Waals surface area contributed by atoms with E-state index in [2.05, 4.69) is 38.8 Å². The van der Waals surface area contributed by atoms with E-state index in [1.54, 1.807) is 6.26 Å². The van der Waals surface area contributed by atoms with Crippen molar-refractivity contribution in [3.05, 3.63) is 78.4 Å². The molecule has 0 amide bonds. The van der Waals surface area contributed by atoms with E-state index in [9.17, 15) is 0 Å². The maximum atomic E-state index is 4.88. The molecule has 0 unspecified atom stereocenters. The monoisotopic (exact) mass is 275 g/mol. The highest BCUT2D eigenvalue weighted by Gasteiger charge is 2.07. The van der Waals surface area contributed by atoms with Gasteiger partial charge in [-0.3, -0.25) is 4.40 Å². The summed E-state index contributed by atoms with van der Waals surface area (Å²) in [6.45, 7) is 0. The summed E-state index contributed by atoms with van der Waals surface area (Å²) in [6, 6.07) is 16.3. The largest absolute Gasteiger partial charge is 0.365 e. The van der Waals surface area contributed by atoms with Gasteiger partial charge in [-0.25, -0.2) is 4.98 Å². The second-order valence-corrected chi connectivity index (χ2v) is 4.94. The maximum absolute atomic E-state index is 4.88. The molecule has 3 heterocycles. The summed E-state index contributed by atoms with van der Waals surface area (Å²) < 4.78 is 6.98. The molecule has 4 heteroatoms. The highest BCUT2D eigenvalue weighted by Crippen LogP contribution is 2.22. The lowest BCUT2D eigenvalue weighted by Gasteiger charge is -2.04. The Morgan fingerprint density at radius 1 is 1.05 bits per heavy atom. The molecule has 0 N–H and O–H groups in total. The molecular formula is C17H13N3O. The van der Waals surface area contributed by atoms with Crippen LogP contribution in [0.2, 0.25) is 0 Å². The lowest BCUT2D eigenvalue weighted by Crippen LogP contribution is -1.91. The third-order valence-corrected chi connectivity index (χ3v) is 3.52. The van der Waals surface area contributed by atoms with Crippen molar-refractivity contribution in [3.8, 4) is 11.3 Å². The van der Waals surface area contributed by atoms with Gasteiger partial charge in [0.1, 0.15) is 11.9 Å². The number of aromatic nitrogens is 3. The number of imidazole rings is 1. The van der Waals surface area contributed by atoms with Gasteiger partial charge in [0.25, 0.3) is 0 Å². The minimum absolute atomic E-state index is 0.765. The molecule has 21 heavy (non-hydrogen) atoms. The molecule has 4 aromatic rings. The Bertz CT molecular complexity index is 878. The molecule has 0 spiro atoms. The summed E-state index contributed by atoms with van der Waals surface area (Å²) in [4.78, 5) is 4.44. The molecule has 4 nitrogen and oxygen atoms in total. The molecule has 0 saturated carbocycles. The van der Waals surface area contributed by atoms with Gasteiger partial charge >= 0.3 is 0 Å². The van der Waals surface area contributed by atoms with Crippen LogP contribution in [0.1, 0.15) is 11.3 Å². The van der Waals surface area contributed by atoms with E-state index in [4.69, 9.17) is 4.52 Å². The standard InChI is InChI=1S/C17H13N3O/c1-2-8-20-16(12-18-17(20)6-1)14-5-3-4-13(10-14)11-15-7-9-21-19-15/h1-10,12H,11H2. The van der Waals surface area contributed by atoms with Gasteiger partial charge in [0, 0.05) is 24.2 Å². The average molecular weight is 275 g/mol. The Morgan fingerprint density at radius 2 is 2.05 bits per heavy atom. The summed E-state index contributed by atoms with van der Waals surface area (Å²) in [6.07, 6.45) is 6.30. The van der Waals surface area contributed by atoms with Gasteiger partial charge in [-0.1, -0.05) is 29.4 Å². The SMILES string of the molecule is c1cc(Cc2ccon2)cc(-c2cnc3ccccn23)c1. The highest BCUT2D eigenvalue weighted by molar-refractivity contribution is 5.64. The molecular weight excluding hydrogens is 262 g/mol. The molecule has 0 radical (unpaired) electrons. The quantitative estimate of drug-likeness (QED) is 0.574. The normalized spacial score (nSPS) is 11.0. The highest BCUT2D eigenvalue weighted by atomic mass is 16.5. The molecule has 102 valence electrons. The Morgan fingerprint density at radius 3 is 2.95 bits per heavy atom. The zero-order valence-electron chi connectivity index (χ0n) is 11.3. The van der Waals surface area contributed by atoms with Gasteiger partial charge in [-0.15, -0.1) is 0 Å². The first-order valence-corrected chi connectivity index (χ1v) is 6.81. The number of nitrogens with zero attached hydrogens (tertiary/aromatic N) is 3. The van der Waals surface area contributed by atoms with Gasteiger partial charge in [0.2, 0.25) is 0 Å². The molecule has 0 saturated heterocycles. The minimum Gasteiger partial charge on any atom is -0.365 e. The topological polar surface area (TPSA) is 43.3 Å². The van der Waals surface area contributed by atoms with E-state index in [0.29, 0.717) is 0 Å². The molecule has 1 aromatic carbocycles.